The van der Waals surface area contributed by atoms with Crippen LogP contribution in [0.2, 0.25) is 0 Å². The summed E-state index contributed by atoms with van der Waals surface area (Å²) >= 11 is 2.04. The molecule has 0 bridgehead atoms. The van der Waals surface area contributed by atoms with E-state index in [9.17, 15) is 10.5 Å². The highest BCUT2D eigenvalue weighted by Gasteiger charge is 2.37. The first-order chi connectivity index (χ1) is 11.6. The zero-order chi connectivity index (χ0) is 17.1. The molecule has 0 saturated heterocycles. The lowest BCUT2D eigenvalue weighted by Crippen LogP contribution is -2.40. The maximum atomic E-state index is 9.50. The van der Waals surface area contributed by atoms with E-state index < -0.39 is 12.1 Å². The third-order valence-electron chi connectivity index (χ3n) is 3.57. The number of nitrogens with zero attached hydrogens (tertiary/aromatic N) is 4. The van der Waals surface area contributed by atoms with Gasteiger partial charge in [0, 0.05) is 6.08 Å². The van der Waals surface area contributed by atoms with Crippen molar-refractivity contribution >= 4 is 40.1 Å². The Balaban J connectivity index is 2.02. The lowest BCUT2D eigenvalue weighted by Gasteiger charge is -2.21. The van der Waals surface area contributed by atoms with Gasteiger partial charge in [-0.1, -0.05) is 18.2 Å². The zero-order valence-electron chi connectivity index (χ0n) is 12.4. The van der Waals surface area contributed by atoms with E-state index in [1.54, 1.807) is 23.2 Å². The molecule has 1 aliphatic heterocycles. The average Bonchev–Trinajstić information content (AvgIpc) is 3.16. The summed E-state index contributed by atoms with van der Waals surface area (Å²) in [5, 5.41) is 25.0. The van der Waals surface area contributed by atoms with Crippen molar-refractivity contribution in [2.75, 3.05) is 5.01 Å². The second-order valence-electron chi connectivity index (χ2n) is 5.07. The van der Waals surface area contributed by atoms with E-state index in [0.717, 1.165) is 5.69 Å². The van der Waals surface area contributed by atoms with Crippen molar-refractivity contribution in [3.05, 3.63) is 57.6 Å². The summed E-state index contributed by atoms with van der Waals surface area (Å²) in [6.45, 7) is 0. The first-order valence-electron chi connectivity index (χ1n) is 7.09. The van der Waals surface area contributed by atoms with Gasteiger partial charge in [-0.2, -0.15) is 15.6 Å². The highest BCUT2D eigenvalue weighted by atomic mass is 127. The number of benzene rings is 1. The van der Waals surface area contributed by atoms with E-state index >= 15 is 0 Å². The summed E-state index contributed by atoms with van der Waals surface area (Å²) in [6.07, 6.45) is 0.924. The molecule has 0 unspecified atom stereocenters. The number of nitriles is 2. The average molecular weight is 429 g/mol. The zero-order valence-corrected chi connectivity index (χ0v) is 14.6. The van der Waals surface area contributed by atoms with Crippen LogP contribution in [0.1, 0.15) is 5.76 Å². The summed E-state index contributed by atoms with van der Waals surface area (Å²) in [4.78, 5) is 0. The van der Waals surface area contributed by atoms with Crippen molar-refractivity contribution in [2.45, 2.75) is 6.17 Å². The van der Waals surface area contributed by atoms with E-state index in [-0.39, 0.29) is 5.57 Å². The van der Waals surface area contributed by atoms with E-state index in [2.05, 4.69) is 17.2 Å². The molecule has 6 nitrogen and oxygen atoms in total. The van der Waals surface area contributed by atoms with Crippen molar-refractivity contribution < 1.29 is 4.42 Å². The molecule has 2 atom stereocenters. The molecule has 1 aromatic heterocycles. The van der Waals surface area contributed by atoms with Crippen molar-refractivity contribution in [1.29, 1.82) is 10.5 Å². The normalized spacial score (nSPS) is 20.4. The summed E-state index contributed by atoms with van der Waals surface area (Å²) < 4.78 is 6.17. The summed E-state index contributed by atoms with van der Waals surface area (Å²) in [6, 6.07) is 17.1. The summed E-state index contributed by atoms with van der Waals surface area (Å²) in [5.74, 6) is -0.174. The number of para-hydroxylation sites is 1. The predicted molar refractivity (Wildman–Crippen MR) is 98.4 cm³/mol. The Bertz CT molecular complexity index is 888. The van der Waals surface area contributed by atoms with Crippen LogP contribution in [0.25, 0.3) is 6.08 Å². The fraction of sp³-hybridized carbons (Fsp3) is 0.118. The fourth-order valence-electron chi connectivity index (χ4n) is 2.43. The molecule has 0 saturated carbocycles. The molecule has 0 spiro atoms. The van der Waals surface area contributed by atoms with Crippen LogP contribution < -0.4 is 10.7 Å². The first kappa shape index (κ1) is 16.2. The molecule has 24 heavy (non-hydrogen) atoms. The molecule has 7 heteroatoms. The Hall–Kier alpha value is -2.62. The van der Waals surface area contributed by atoms with Gasteiger partial charge in [-0.05, 0) is 46.9 Å². The van der Waals surface area contributed by atoms with Gasteiger partial charge in [0.15, 0.2) is 3.77 Å². The van der Waals surface area contributed by atoms with Gasteiger partial charge in [0.25, 0.3) is 0 Å². The quantitative estimate of drug-likeness (QED) is 0.597. The van der Waals surface area contributed by atoms with E-state index in [1.807, 2.05) is 52.9 Å². The molecule has 0 amide bonds. The van der Waals surface area contributed by atoms with Gasteiger partial charge in [-0.15, -0.1) is 0 Å². The minimum atomic E-state index is -0.704. The molecule has 0 radical (unpaired) electrons. The molecular weight excluding hydrogens is 417 g/mol. The minimum absolute atomic E-state index is 0.265. The van der Waals surface area contributed by atoms with Gasteiger partial charge in [0.2, 0.25) is 0 Å². The predicted octanol–water partition coefficient (Wildman–Crippen LogP) is 3.09. The largest absolute Gasteiger partial charge is 0.451 e. The number of furan rings is 1. The molecule has 1 aliphatic rings. The van der Waals surface area contributed by atoms with Gasteiger partial charge < -0.3 is 10.2 Å². The summed E-state index contributed by atoms with van der Waals surface area (Å²) in [5.41, 5.74) is 7.56. The van der Waals surface area contributed by atoms with Crippen LogP contribution in [-0.2, 0) is 0 Å². The first-order valence-corrected chi connectivity index (χ1v) is 8.17. The van der Waals surface area contributed by atoms with Crippen molar-refractivity contribution in [1.82, 2.24) is 0 Å². The van der Waals surface area contributed by atoms with Crippen molar-refractivity contribution in [3.8, 4) is 12.1 Å². The second kappa shape index (κ2) is 6.87. The molecule has 0 aliphatic carbocycles. The monoisotopic (exact) mass is 429 g/mol. The maximum Gasteiger partial charge on any atom is 0.164 e. The summed E-state index contributed by atoms with van der Waals surface area (Å²) in [7, 11) is 0. The molecule has 0 fully saturated rings. The highest BCUT2D eigenvalue weighted by molar-refractivity contribution is 14.1. The second-order valence-corrected chi connectivity index (χ2v) is 6.14. The van der Waals surface area contributed by atoms with Crippen LogP contribution in [-0.4, -0.2) is 11.9 Å². The molecule has 3 rings (SSSR count). The molecule has 2 aromatic rings. The van der Waals surface area contributed by atoms with Crippen LogP contribution in [0.15, 0.2) is 57.6 Å². The number of nitrogens with two attached hydrogens (primary N) is 1. The van der Waals surface area contributed by atoms with Gasteiger partial charge in [-0.25, -0.2) is 5.01 Å². The highest BCUT2D eigenvalue weighted by Crippen LogP contribution is 2.28. The SMILES string of the molecule is N#C/C(=C/c1ccc(I)o1)C1=NN(c2ccccc2)[C@@H](N)[C@H]1C#N. The standard InChI is InChI=1S/C17H12IN5O/c18-15-7-6-13(24-15)8-11(9-19)16-14(10-20)17(21)23(22-16)12-4-2-1-3-5-12/h1-8,14,17H,21H2/b11-8-/t14-,17+/m0/s1. The van der Waals surface area contributed by atoms with Crippen LogP contribution in [0.5, 0.6) is 0 Å². The Labute approximate surface area is 152 Å². The van der Waals surface area contributed by atoms with Crippen LogP contribution in [0.3, 0.4) is 0 Å². The topological polar surface area (TPSA) is 102 Å². The van der Waals surface area contributed by atoms with Gasteiger partial charge in [0.1, 0.15) is 23.9 Å². The number of hydrogen-bond acceptors (Lipinski definition) is 6. The van der Waals surface area contributed by atoms with Gasteiger partial charge >= 0.3 is 0 Å². The third-order valence-corrected chi connectivity index (χ3v) is 4.15. The number of rotatable bonds is 3. The van der Waals surface area contributed by atoms with Crippen LogP contribution in [0, 0.1) is 32.3 Å². The van der Waals surface area contributed by atoms with Crippen LogP contribution in [0.4, 0.5) is 5.69 Å². The number of halogens is 1. The minimum Gasteiger partial charge on any atom is -0.451 e. The number of allylic oxidation sites excluding steroid dienone is 1. The molecule has 1 aromatic carbocycles. The molecule has 2 N–H and O–H groups in total. The molecule has 118 valence electrons. The van der Waals surface area contributed by atoms with Gasteiger partial charge in [0.05, 0.1) is 23.0 Å². The van der Waals surface area contributed by atoms with Crippen molar-refractivity contribution in [3.63, 3.8) is 0 Å². The Morgan fingerprint density at radius 2 is 2.00 bits per heavy atom. The van der Waals surface area contributed by atoms with Crippen molar-refractivity contribution in [2.24, 2.45) is 16.8 Å². The number of anilines is 1. The Morgan fingerprint density at radius 1 is 1.25 bits per heavy atom. The third kappa shape index (κ3) is 3.04. The van der Waals surface area contributed by atoms with E-state index in [4.69, 9.17) is 10.2 Å². The van der Waals surface area contributed by atoms with E-state index in [1.165, 1.54) is 0 Å². The Kier molecular flexibility index (Phi) is 4.65. The number of hydrogen-bond donors (Lipinski definition) is 1. The fourth-order valence-corrected chi connectivity index (χ4v) is 2.86. The smallest absolute Gasteiger partial charge is 0.164 e. The van der Waals surface area contributed by atoms with Crippen LogP contribution >= 0.6 is 22.6 Å². The number of hydrazone groups is 1. The maximum absolute atomic E-state index is 9.50. The van der Waals surface area contributed by atoms with E-state index in [0.29, 0.717) is 15.2 Å². The van der Waals surface area contributed by atoms with Gasteiger partial charge in [-0.3, -0.25) is 0 Å². The molecular formula is C17H12IN5O. The lowest BCUT2D eigenvalue weighted by atomic mass is 9.96. The lowest BCUT2D eigenvalue weighted by molar-refractivity contribution is 0.528. The Morgan fingerprint density at radius 3 is 2.58 bits per heavy atom. The molecule has 2 heterocycles.